The molecule has 0 bridgehead atoms. The highest BCUT2D eigenvalue weighted by Gasteiger charge is 2.02. The summed E-state index contributed by atoms with van der Waals surface area (Å²) in [5, 5.41) is 3.32. The minimum absolute atomic E-state index is 0.551. The summed E-state index contributed by atoms with van der Waals surface area (Å²) in [7, 11) is 0. The van der Waals surface area contributed by atoms with Crippen molar-refractivity contribution in [2.45, 2.75) is 20.4 Å². The first kappa shape index (κ1) is 11.6. The van der Waals surface area contributed by atoms with Crippen LogP contribution < -0.4 is 11.1 Å². The van der Waals surface area contributed by atoms with Crippen LogP contribution >= 0.6 is 0 Å². The second kappa shape index (κ2) is 4.97. The van der Waals surface area contributed by atoms with E-state index in [4.69, 9.17) is 5.73 Å². The van der Waals surface area contributed by atoms with Gasteiger partial charge in [-0.2, -0.15) is 0 Å². The van der Waals surface area contributed by atoms with Gasteiger partial charge >= 0.3 is 0 Å². The van der Waals surface area contributed by atoms with E-state index in [9.17, 15) is 0 Å². The minimum atomic E-state index is 0.551. The highest BCUT2D eigenvalue weighted by Crippen LogP contribution is 2.20. The largest absolute Gasteiger partial charge is 0.340 e. The maximum absolute atomic E-state index is 5.62. The third-order valence-electron chi connectivity index (χ3n) is 2.90. The second-order valence-electron chi connectivity index (χ2n) is 4.13. The van der Waals surface area contributed by atoms with Crippen LogP contribution in [0.1, 0.15) is 16.7 Å². The first-order valence-corrected chi connectivity index (χ1v) is 5.69. The van der Waals surface area contributed by atoms with Crippen molar-refractivity contribution < 1.29 is 0 Å². The number of hydrogen-bond donors (Lipinski definition) is 2. The molecule has 3 heteroatoms. The third-order valence-corrected chi connectivity index (χ3v) is 2.90. The van der Waals surface area contributed by atoms with Gasteiger partial charge in [-0.25, -0.2) is 4.98 Å². The number of aromatic nitrogens is 1. The van der Waals surface area contributed by atoms with Gasteiger partial charge in [-0.3, -0.25) is 0 Å². The number of benzene rings is 1. The Morgan fingerprint density at radius 3 is 2.82 bits per heavy atom. The van der Waals surface area contributed by atoms with Gasteiger partial charge in [-0.05, 0) is 48.7 Å². The number of pyridine rings is 1. The highest BCUT2D eigenvalue weighted by molar-refractivity contribution is 5.60. The van der Waals surface area contributed by atoms with Gasteiger partial charge in [-0.15, -0.1) is 0 Å². The van der Waals surface area contributed by atoms with E-state index in [1.54, 1.807) is 0 Å². The highest BCUT2D eigenvalue weighted by atomic mass is 15.0. The van der Waals surface area contributed by atoms with Gasteiger partial charge in [0, 0.05) is 18.4 Å². The van der Waals surface area contributed by atoms with Gasteiger partial charge in [0.2, 0.25) is 0 Å². The van der Waals surface area contributed by atoms with Crippen LogP contribution in [0.15, 0.2) is 36.5 Å². The van der Waals surface area contributed by atoms with Crippen LogP contribution in [-0.4, -0.2) is 4.98 Å². The Bertz CT molecular complexity index is 521. The fraction of sp³-hybridized carbons (Fsp3) is 0.214. The minimum Gasteiger partial charge on any atom is -0.340 e. The Hall–Kier alpha value is -1.87. The summed E-state index contributed by atoms with van der Waals surface area (Å²) in [5.74, 6) is 0.902. The molecule has 1 heterocycles. The topological polar surface area (TPSA) is 50.9 Å². The number of nitrogens with two attached hydrogens (primary N) is 1. The molecule has 3 nitrogen and oxygen atoms in total. The molecule has 0 aliphatic rings. The van der Waals surface area contributed by atoms with E-state index in [0.717, 1.165) is 17.1 Å². The maximum Gasteiger partial charge on any atom is 0.133 e. The van der Waals surface area contributed by atoms with Gasteiger partial charge in [0.15, 0.2) is 0 Å². The lowest BCUT2D eigenvalue weighted by Gasteiger charge is -2.10. The van der Waals surface area contributed by atoms with Gasteiger partial charge in [0.25, 0.3) is 0 Å². The van der Waals surface area contributed by atoms with Crippen molar-refractivity contribution >= 4 is 11.5 Å². The van der Waals surface area contributed by atoms with Crippen molar-refractivity contribution in [3.05, 3.63) is 53.2 Å². The number of aryl methyl sites for hydroxylation is 1. The molecule has 1 aromatic carbocycles. The molecule has 0 saturated heterocycles. The second-order valence-corrected chi connectivity index (χ2v) is 4.13. The zero-order valence-electron chi connectivity index (χ0n) is 10.2. The molecule has 0 saturated carbocycles. The monoisotopic (exact) mass is 227 g/mol. The van der Waals surface area contributed by atoms with E-state index in [2.05, 4.69) is 24.1 Å². The van der Waals surface area contributed by atoms with Crippen molar-refractivity contribution in [3.63, 3.8) is 0 Å². The molecule has 0 amide bonds. The van der Waals surface area contributed by atoms with E-state index in [-0.39, 0.29) is 0 Å². The molecular formula is C14H17N3. The third kappa shape index (κ3) is 2.63. The van der Waals surface area contributed by atoms with Crippen molar-refractivity contribution in [1.82, 2.24) is 4.98 Å². The van der Waals surface area contributed by atoms with Crippen LogP contribution in [0.4, 0.5) is 11.5 Å². The fourth-order valence-electron chi connectivity index (χ4n) is 1.67. The standard InChI is InChI=1S/C14H17N3/c1-10-6-7-16-14(11(10)2)17-13-5-3-4-12(8-13)9-15/h3-8H,9,15H2,1-2H3,(H,16,17). The molecule has 2 rings (SSSR count). The first-order chi connectivity index (χ1) is 8.20. The molecule has 0 aliphatic heterocycles. The van der Waals surface area contributed by atoms with Crippen LogP contribution in [0.3, 0.4) is 0 Å². The van der Waals surface area contributed by atoms with Crippen LogP contribution in [0.25, 0.3) is 0 Å². The molecule has 1 aromatic heterocycles. The lowest BCUT2D eigenvalue weighted by atomic mass is 10.1. The fourth-order valence-corrected chi connectivity index (χ4v) is 1.67. The molecule has 0 aliphatic carbocycles. The van der Waals surface area contributed by atoms with E-state index < -0.39 is 0 Å². The average molecular weight is 227 g/mol. The molecule has 0 atom stereocenters. The molecular weight excluding hydrogens is 210 g/mol. The summed E-state index contributed by atoms with van der Waals surface area (Å²) >= 11 is 0. The van der Waals surface area contributed by atoms with Crippen molar-refractivity contribution in [2.24, 2.45) is 5.73 Å². The van der Waals surface area contributed by atoms with Crippen LogP contribution in [0, 0.1) is 13.8 Å². The molecule has 0 unspecified atom stereocenters. The quantitative estimate of drug-likeness (QED) is 0.847. The summed E-state index contributed by atoms with van der Waals surface area (Å²) < 4.78 is 0. The van der Waals surface area contributed by atoms with Gasteiger partial charge in [-0.1, -0.05) is 12.1 Å². The van der Waals surface area contributed by atoms with Crippen molar-refractivity contribution in [1.29, 1.82) is 0 Å². The predicted octanol–water partition coefficient (Wildman–Crippen LogP) is 2.90. The molecule has 88 valence electrons. The summed E-state index contributed by atoms with van der Waals surface area (Å²) in [5.41, 5.74) is 10.2. The van der Waals surface area contributed by atoms with E-state index in [1.165, 1.54) is 11.1 Å². The average Bonchev–Trinajstić information content (AvgIpc) is 2.35. The van der Waals surface area contributed by atoms with Crippen LogP contribution in [-0.2, 0) is 6.54 Å². The summed E-state index contributed by atoms with van der Waals surface area (Å²) in [6, 6.07) is 10.1. The van der Waals surface area contributed by atoms with Gasteiger partial charge < -0.3 is 11.1 Å². The summed E-state index contributed by atoms with van der Waals surface area (Å²) in [6.07, 6.45) is 1.82. The molecule has 3 N–H and O–H groups in total. The molecule has 17 heavy (non-hydrogen) atoms. The van der Waals surface area contributed by atoms with Gasteiger partial charge in [0.1, 0.15) is 5.82 Å². The van der Waals surface area contributed by atoms with Crippen LogP contribution in [0.5, 0.6) is 0 Å². The Balaban J connectivity index is 2.28. The Morgan fingerprint density at radius 1 is 1.24 bits per heavy atom. The van der Waals surface area contributed by atoms with Gasteiger partial charge in [0.05, 0.1) is 0 Å². The first-order valence-electron chi connectivity index (χ1n) is 5.69. The van der Waals surface area contributed by atoms with E-state index in [0.29, 0.717) is 6.54 Å². The molecule has 2 aromatic rings. The van der Waals surface area contributed by atoms with Crippen molar-refractivity contribution in [3.8, 4) is 0 Å². The summed E-state index contributed by atoms with van der Waals surface area (Å²) in [4.78, 5) is 4.35. The summed E-state index contributed by atoms with van der Waals surface area (Å²) in [6.45, 7) is 4.70. The lowest BCUT2D eigenvalue weighted by Crippen LogP contribution is -2.00. The lowest BCUT2D eigenvalue weighted by molar-refractivity contribution is 1.07. The number of nitrogens with one attached hydrogen (secondary N) is 1. The SMILES string of the molecule is Cc1ccnc(Nc2cccc(CN)c2)c1C. The zero-order valence-corrected chi connectivity index (χ0v) is 10.2. The Kier molecular flexibility index (Phi) is 3.40. The molecule has 0 spiro atoms. The zero-order chi connectivity index (χ0) is 12.3. The Labute approximate surface area is 102 Å². The predicted molar refractivity (Wildman–Crippen MR) is 71.3 cm³/mol. The van der Waals surface area contributed by atoms with E-state index in [1.807, 2.05) is 36.5 Å². The van der Waals surface area contributed by atoms with Crippen molar-refractivity contribution in [2.75, 3.05) is 5.32 Å². The smallest absolute Gasteiger partial charge is 0.133 e. The molecule has 0 radical (unpaired) electrons. The Morgan fingerprint density at radius 2 is 2.06 bits per heavy atom. The number of hydrogen-bond acceptors (Lipinski definition) is 3. The van der Waals surface area contributed by atoms with Crippen LogP contribution in [0.2, 0.25) is 0 Å². The number of anilines is 2. The normalized spacial score (nSPS) is 10.3. The number of nitrogens with zero attached hydrogens (tertiary/aromatic N) is 1. The number of rotatable bonds is 3. The maximum atomic E-state index is 5.62. The van der Waals surface area contributed by atoms with E-state index >= 15 is 0 Å². The molecule has 0 fully saturated rings.